The van der Waals surface area contributed by atoms with Crippen LogP contribution in [-0.4, -0.2) is 41.5 Å². The minimum atomic E-state index is -0.961. The summed E-state index contributed by atoms with van der Waals surface area (Å²) < 4.78 is 0. The SMILES string of the molecule is CCc1c(C#N)c(SC(C(N)=O)c2ccccc2)nc(N2CCC(NC(=O)C(C)(C)N)CC2)c1C#N. The molecule has 1 atom stereocenters. The molecule has 0 radical (unpaired) electrons. The smallest absolute Gasteiger partial charge is 0.239 e. The average molecular weight is 506 g/mol. The van der Waals surface area contributed by atoms with Gasteiger partial charge in [-0.3, -0.25) is 9.59 Å². The number of pyridine rings is 1. The second-order valence-electron chi connectivity index (χ2n) is 9.31. The molecule has 2 heterocycles. The molecule has 3 rings (SSSR count). The molecule has 36 heavy (non-hydrogen) atoms. The summed E-state index contributed by atoms with van der Waals surface area (Å²) in [5.41, 5.74) is 12.6. The monoisotopic (exact) mass is 505 g/mol. The van der Waals surface area contributed by atoms with Crippen molar-refractivity contribution in [2.45, 2.75) is 61.9 Å². The van der Waals surface area contributed by atoms with E-state index in [9.17, 15) is 20.1 Å². The van der Waals surface area contributed by atoms with E-state index in [0.717, 1.165) is 11.8 Å². The summed E-state index contributed by atoms with van der Waals surface area (Å²) in [6.07, 6.45) is 1.78. The summed E-state index contributed by atoms with van der Waals surface area (Å²) in [4.78, 5) is 31.4. The number of benzene rings is 1. The van der Waals surface area contributed by atoms with Crippen LogP contribution in [0, 0.1) is 22.7 Å². The van der Waals surface area contributed by atoms with E-state index in [2.05, 4.69) is 17.5 Å². The van der Waals surface area contributed by atoms with Crippen LogP contribution in [0.25, 0.3) is 0 Å². The van der Waals surface area contributed by atoms with Gasteiger partial charge in [-0.15, -0.1) is 0 Å². The fourth-order valence-electron chi connectivity index (χ4n) is 4.13. The number of piperidine rings is 1. The van der Waals surface area contributed by atoms with Gasteiger partial charge >= 0.3 is 0 Å². The number of thioether (sulfide) groups is 1. The van der Waals surface area contributed by atoms with Crippen molar-refractivity contribution in [1.82, 2.24) is 10.3 Å². The molecule has 9 nitrogen and oxygen atoms in total. The van der Waals surface area contributed by atoms with Crippen LogP contribution in [0.15, 0.2) is 35.4 Å². The Labute approximate surface area is 215 Å². The third-order valence-electron chi connectivity index (χ3n) is 6.13. The number of primary amides is 1. The highest BCUT2D eigenvalue weighted by Gasteiger charge is 2.31. The van der Waals surface area contributed by atoms with Gasteiger partial charge in [0.1, 0.15) is 28.2 Å². The highest BCUT2D eigenvalue weighted by molar-refractivity contribution is 8.00. The van der Waals surface area contributed by atoms with Crippen LogP contribution in [0.4, 0.5) is 5.82 Å². The molecule has 188 valence electrons. The normalized spacial score (nSPS) is 15.0. The molecule has 1 fully saturated rings. The lowest BCUT2D eigenvalue weighted by Gasteiger charge is -2.35. The van der Waals surface area contributed by atoms with E-state index in [1.165, 1.54) is 0 Å². The lowest BCUT2D eigenvalue weighted by atomic mass is 9.99. The Kier molecular flexibility index (Phi) is 8.57. The van der Waals surface area contributed by atoms with Crippen molar-refractivity contribution in [1.29, 1.82) is 10.5 Å². The maximum atomic E-state index is 12.3. The van der Waals surface area contributed by atoms with E-state index in [1.807, 2.05) is 42.2 Å². The van der Waals surface area contributed by atoms with Gasteiger partial charge in [-0.2, -0.15) is 10.5 Å². The Bertz CT molecular complexity index is 1200. The molecular weight excluding hydrogens is 474 g/mol. The number of aromatic nitrogens is 1. The summed E-state index contributed by atoms with van der Waals surface area (Å²) in [6, 6.07) is 13.5. The van der Waals surface area contributed by atoms with Crippen molar-refractivity contribution in [2.75, 3.05) is 18.0 Å². The lowest BCUT2D eigenvalue weighted by Crippen LogP contribution is -2.54. The van der Waals surface area contributed by atoms with Gasteiger partial charge in [-0.05, 0) is 44.2 Å². The first-order valence-electron chi connectivity index (χ1n) is 11.8. The molecule has 1 unspecified atom stereocenters. The lowest BCUT2D eigenvalue weighted by molar-refractivity contribution is -0.126. The van der Waals surface area contributed by atoms with Crippen LogP contribution in [-0.2, 0) is 16.0 Å². The molecule has 1 aliphatic heterocycles. The number of carbonyl (C=O) groups is 2. The fraction of sp³-hybridized carbons (Fsp3) is 0.423. The number of rotatable bonds is 8. The number of carbonyl (C=O) groups excluding carboxylic acids is 2. The van der Waals surface area contributed by atoms with E-state index < -0.39 is 16.7 Å². The number of anilines is 1. The molecule has 0 aliphatic carbocycles. The topological polar surface area (TPSA) is 162 Å². The zero-order valence-corrected chi connectivity index (χ0v) is 21.6. The number of nitriles is 2. The Hall–Kier alpha value is -3.60. The maximum absolute atomic E-state index is 12.3. The highest BCUT2D eigenvalue weighted by Crippen LogP contribution is 2.39. The summed E-state index contributed by atoms with van der Waals surface area (Å²) >= 11 is 1.12. The molecule has 1 aromatic heterocycles. The first-order chi connectivity index (χ1) is 17.1. The third kappa shape index (κ3) is 5.96. The number of nitrogens with one attached hydrogen (secondary N) is 1. The molecule has 2 aromatic rings. The number of hydrogen-bond acceptors (Lipinski definition) is 8. The molecule has 2 amide bonds. The maximum Gasteiger partial charge on any atom is 0.239 e. The van der Waals surface area contributed by atoms with Gasteiger partial charge < -0.3 is 21.7 Å². The zero-order chi connectivity index (χ0) is 26.5. The number of amides is 2. The molecule has 0 saturated carbocycles. The largest absolute Gasteiger partial charge is 0.368 e. The minimum absolute atomic E-state index is 0.0303. The van der Waals surface area contributed by atoms with Gasteiger partial charge in [0.2, 0.25) is 11.8 Å². The van der Waals surface area contributed by atoms with Crippen LogP contribution in [0.1, 0.15) is 61.1 Å². The van der Waals surface area contributed by atoms with Crippen molar-refractivity contribution < 1.29 is 9.59 Å². The highest BCUT2D eigenvalue weighted by atomic mass is 32.2. The molecule has 5 N–H and O–H groups in total. The quantitative estimate of drug-likeness (QED) is 0.461. The summed E-state index contributed by atoms with van der Waals surface area (Å²) in [6.45, 7) is 6.34. The molecule has 0 spiro atoms. The minimum Gasteiger partial charge on any atom is -0.368 e. The Balaban J connectivity index is 1.95. The first-order valence-corrected chi connectivity index (χ1v) is 12.7. The van der Waals surface area contributed by atoms with Crippen LogP contribution in [0.5, 0.6) is 0 Å². The molecule has 1 aromatic carbocycles. The van der Waals surface area contributed by atoms with Crippen molar-refractivity contribution in [3.8, 4) is 12.1 Å². The van der Waals surface area contributed by atoms with E-state index >= 15 is 0 Å². The van der Waals surface area contributed by atoms with E-state index in [0.29, 0.717) is 59.9 Å². The van der Waals surface area contributed by atoms with Gasteiger partial charge in [-0.1, -0.05) is 49.0 Å². The van der Waals surface area contributed by atoms with Gasteiger partial charge in [-0.25, -0.2) is 4.98 Å². The summed E-state index contributed by atoms with van der Waals surface area (Å²) in [5, 5.41) is 22.6. The second kappa shape index (κ2) is 11.4. The van der Waals surface area contributed by atoms with Crippen molar-refractivity contribution in [2.24, 2.45) is 11.5 Å². The van der Waals surface area contributed by atoms with Crippen LogP contribution < -0.4 is 21.7 Å². The molecule has 10 heteroatoms. The predicted molar refractivity (Wildman–Crippen MR) is 139 cm³/mol. The van der Waals surface area contributed by atoms with Gasteiger partial charge in [0.05, 0.1) is 16.7 Å². The third-order valence-corrected chi connectivity index (χ3v) is 7.39. The van der Waals surface area contributed by atoms with Crippen molar-refractivity contribution in [3.05, 3.63) is 52.6 Å². The molecular formula is C26H31N7O2S. The molecule has 1 saturated heterocycles. The van der Waals surface area contributed by atoms with Gasteiger partial charge in [0, 0.05) is 19.1 Å². The first kappa shape index (κ1) is 27.0. The number of hydrogen-bond donors (Lipinski definition) is 3. The van der Waals surface area contributed by atoms with Crippen molar-refractivity contribution >= 4 is 29.4 Å². The molecule has 0 bridgehead atoms. The Morgan fingerprint density at radius 3 is 2.31 bits per heavy atom. The predicted octanol–water partition coefficient (Wildman–Crippen LogP) is 2.53. The summed E-state index contributed by atoms with van der Waals surface area (Å²) in [7, 11) is 0. The fourth-order valence-corrected chi connectivity index (χ4v) is 5.19. The van der Waals surface area contributed by atoms with Crippen molar-refractivity contribution in [3.63, 3.8) is 0 Å². The molecule has 1 aliphatic rings. The van der Waals surface area contributed by atoms with Crippen LogP contribution in [0.2, 0.25) is 0 Å². The number of nitrogens with two attached hydrogens (primary N) is 2. The van der Waals surface area contributed by atoms with Crippen LogP contribution in [0.3, 0.4) is 0 Å². The van der Waals surface area contributed by atoms with Gasteiger partial charge in [0.25, 0.3) is 0 Å². The summed E-state index contributed by atoms with van der Waals surface area (Å²) in [5.74, 6) is -0.267. The average Bonchev–Trinajstić information content (AvgIpc) is 2.86. The Morgan fingerprint density at radius 2 is 1.81 bits per heavy atom. The standard InChI is InChI=1S/C26H31N7O2S/c1-4-18-19(14-27)23(33-12-10-17(11-13-33)31-25(35)26(2,3)30)32-24(20(18)15-28)36-21(22(29)34)16-8-6-5-7-9-16/h5-9,17,21H,4,10-13,30H2,1-3H3,(H2,29,34)(H,31,35). The Morgan fingerprint density at radius 1 is 1.19 bits per heavy atom. The van der Waals surface area contributed by atoms with E-state index in [1.54, 1.807) is 13.8 Å². The zero-order valence-electron chi connectivity index (χ0n) is 20.7. The van der Waals surface area contributed by atoms with E-state index in [-0.39, 0.29) is 17.5 Å². The van der Waals surface area contributed by atoms with E-state index in [4.69, 9.17) is 16.5 Å². The van der Waals surface area contributed by atoms with Crippen LogP contribution >= 0.6 is 11.8 Å². The second-order valence-corrected chi connectivity index (χ2v) is 10.4. The van der Waals surface area contributed by atoms with Gasteiger partial charge in [0.15, 0.2) is 0 Å². The number of nitrogens with zero attached hydrogens (tertiary/aromatic N) is 4.